The van der Waals surface area contributed by atoms with Crippen LogP contribution in [0.25, 0.3) is 0 Å². The van der Waals surface area contributed by atoms with Crippen molar-refractivity contribution in [3.63, 3.8) is 0 Å². The molecule has 1 spiro atoms. The third-order valence-electron chi connectivity index (χ3n) is 6.89. The van der Waals surface area contributed by atoms with E-state index in [4.69, 9.17) is 4.74 Å². The van der Waals surface area contributed by atoms with Gasteiger partial charge in [-0.1, -0.05) is 32.4 Å². The number of benzene rings is 1. The van der Waals surface area contributed by atoms with E-state index in [9.17, 15) is 14.0 Å². The smallest absolute Gasteiger partial charge is 0.242 e. The second-order valence-corrected chi connectivity index (χ2v) is 10.3. The number of nitrogens with zero attached hydrogens (tertiary/aromatic N) is 1. The molecule has 184 valence electrons. The maximum atomic E-state index is 13.6. The van der Waals surface area contributed by atoms with E-state index >= 15 is 0 Å². The highest BCUT2D eigenvalue weighted by Crippen LogP contribution is 2.38. The predicted molar refractivity (Wildman–Crippen MR) is 127 cm³/mol. The maximum absolute atomic E-state index is 13.6. The molecule has 0 aromatic heterocycles. The molecule has 0 radical (unpaired) electrons. The third kappa shape index (κ3) is 7.51. The minimum absolute atomic E-state index is 0.0116. The van der Waals surface area contributed by atoms with Crippen LogP contribution in [-0.4, -0.2) is 55.1 Å². The Morgan fingerprint density at radius 1 is 1.09 bits per heavy atom. The van der Waals surface area contributed by atoms with E-state index in [1.807, 2.05) is 19.1 Å². The number of likely N-dealkylation sites (tertiary alicyclic amines) is 1. The minimum Gasteiger partial charge on any atom is -0.379 e. The number of amides is 2. The largest absolute Gasteiger partial charge is 0.379 e. The number of carbonyl (C=O) groups excluding carboxylic acids is 2. The fourth-order valence-electron chi connectivity index (χ4n) is 4.90. The third-order valence-corrected chi connectivity index (χ3v) is 6.89. The highest BCUT2D eigenvalue weighted by atomic mass is 19.1. The van der Waals surface area contributed by atoms with Crippen LogP contribution < -0.4 is 10.6 Å². The molecular weight excluding hydrogens is 421 g/mol. The fraction of sp³-hybridized carbons (Fsp3) is 0.692. The Morgan fingerprint density at radius 3 is 2.45 bits per heavy atom. The Balaban J connectivity index is 1.70. The second-order valence-electron chi connectivity index (χ2n) is 10.3. The zero-order valence-electron chi connectivity index (χ0n) is 20.4. The van der Waals surface area contributed by atoms with Gasteiger partial charge in [0.1, 0.15) is 11.9 Å². The van der Waals surface area contributed by atoms with Crippen molar-refractivity contribution in [2.75, 3.05) is 26.3 Å². The van der Waals surface area contributed by atoms with Crippen molar-refractivity contribution in [1.29, 1.82) is 0 Å². The molecule has 0 unspecified atom stereocenters. The van der Waals surface area contributed by atoms with Gasteiger partial charge in [-0.2, -0.15) is 0 Å². The van der Waals surface area contributed by atoms with Gasteiger partial charge in [0, 0.05) is 19.2 Å². The molecule has 0 bridgehead atoms. The summed E-state index contributed by atoms with van der Waals surface area (Å²) in [6, 6.07) is 6.00. The lowest BCUT2D eigenvalue weighted by atomic mass is 9.73. The number of piperidine rings is 1. The molecule has 2 aliphatic heterocycles. The highest BCUT2D eigenvalue weighted by molar-refractivity contribution is 5.90. The number of nitrogens with one attached hydrogen (secondary N) is 2. The zero-order valence-corrected chi connectivity index (χ0v) is 20.4. The van der Waals surface area contributed by atoms with Gasteiger partial charge in [-0.05, 0) is 75.7 Å². The minimum atomic E-state index is -0.533. The lowest BCUT2D eigenvalue weighted by Gasteiger charge is -2.41. The Labute approximate surface area is 197 Å². The van der Waals surface area contributed by atoms with Gasteiger partial charge in [-0.3, -0.25) is 14.5 Å². The first kappa shape index (κ1) is 25.6. The summed E-state index contributed by atoms with van der Waals surface area (Å²) in [6.07, 6.45) is 4.76. The van der Waals surface area contributed by atoms with E-state index in [-0.39, 0.29) is 29.6 Å². The topological polar surface area (TPSA) is 70.7 Å². The van der Waals surface area contributed by atoms with Crippen molar-refractivity contribution in [3.05, 3.63) is 35.6 Å². The number of ether oxygens (including phenoxy) is 1. The monoisotopic (exact) mass is 461 g/mol. The van der Waals surface area contributed by atoms with E-state index in [0.717, 1.165) is 57.3 Å². The molecule has 2 atom stereocenters. The molecule has 1 aromatic rings. The van der Waals surface area contributed by atoms with Crippen molar-refractivity contribution < 1.29 is 18.7 Å². The zero-order chi connectivity index (χ0) is 23.8. The van der Waals surface area contributed by atoms with Crippen molar-refractivity contribution in [3.8, 4) is 0 Å². The van der Waals surface area contributed by atoms with Crippen molar-refractivity contribution in [2.45, 2.75) is 77.9 Å². The lowest BCUT2D eigenvalue weighted by molar-refractivity contribution is -0.138. The predicted octanol–water partition coefficient (Wildman–Crippen LogP) is 3.64. The molecule has 0 saturated carbocycles. The van der Waals surface area contributed by atoms with E-state index in [1.54, 1.807) is 0 Å². The molecule has 33 heavy (non-hydrogen) atoms. The molecule has 2 amide bonds. The summed E-state index contributed by atoms with van der Waals surface area (Å²) in [5.74, 6) is -0.0546. The average Bonchev–Trinajstić information content (AvgIpc) is 2.78. The average molecular weight is 462 g/mol. The van der Waals surface area contributed by atoms with Crippen LogP contribution >= 0.6 is 0 Å². The van der Waals surface area contributed by atoms with Crippen LogP contribution in [0.3, 0.4) is 0 Å². The Morgan fingerprint density at radius 2 is 1.79 bits per heavy atom. The summed E-state index contributed by atoms with van der Waals surface area (Å²) in [4.78, 5) is 28.9. The Kier molecular flexibility index (Phi) is 9.27. The van der Waals surface area contributed by atoms with Gasteiger partial charge in [-0.25, -0.2) is 4.39 Å². The first-order valence-electron chi connectivity index (χ1n) is 12.4. The van der Waals surface area contributed by atoms with Crippen LogP contribution in [0.15, 0.2) is 24.3 Å². The first-order chi connectivity index (χ1) is 15.8. The van der Waals surface area contributed by atoms with Crippen LogP contribution in [0.5, 0.6) is 0 Å². The summed E-state index contributed by atoms with van der Waals surface area (Å²) < 4.78 is 19.0. The Hall–Kier alpha value is -1.99. The molecule has 0 aliphatic carbocycles. The quantitative estimate of drug-likeness (QED) is 0.718. The Bertz CT molecular complexity index is 775. The fourth-order valence-corrected chi connectivity index (χ4v) is 4.90. The molecule has 2 N–H and O–H groups in total. The molecule has 6 nitrogen and oxygen atoms in total. The van der Waals surface area contributed by atoms with Gasteiger partial charge in [0.15, 0.2) is 0 Å². The van der Waals surface area contributed by atoms with Crippen LogP contribution in [0.4, 0.5) is 4.39 Å². The highest BCUT2D eigenvalue weighted by Gasteiger charge is 2.42. The van der Waals surface area contributed by atoms with Gasteiger partial charge in [0.05, 0.1) is 12.0 Å². The molecule has 2 heterocycles. The van der Waals surface area contributed by atoms with Crippen molar-refractivity contribution in [1.82, 2.24) is 15.5 Å². The van der Waals surface area contributed by atoms with Gasteiger partial charge in [0.2, 0.25) is 11.8 Å². The van der Waals surface area contributed by atoms with Gasteiger partial charge in [-0.15, -0.1) is 0 Å². The summed E-state index contributed by atoms with van der Waals surface area (Å²) in [5, 5.41) is 6.15. The number of hydrogen-bond acceptors (Lipinski definition) is 4. The van der Waals surface area contributed by atoms with Crippen LogP contribution in [0.1, 0.15) is 64.9 Å². The number of carbonyl (C=O) groups is 2. The van der Waals surface area contributed by atoms with E-state index in [1.165, 1.54) is 12.1 Å². The van der Waals surface area contributed by atoms with E-state index in [2.05, 4.69) is 29.4 Å². The van der Waals surface area contributed by atoms with Crippen molar-refractivity contribution >= 4 is 11.8 Å². The van der Waals surface area contributed by atoms with Gasteiger partial charge < -0.3 is 15.4 Å². The molecule has 2 saturated heterocycles. The first-order valence-corrected chi connectivity index (χ1v) is 12.4. The second kappa shape index (κ2) is 11.9. The summed E-state index contributed by atoms with van der Waals surface area (Å²) in [6.45, 7) is 9.56. The normalized spacial score (nSPS) is 25.6. The van der Waals surface area contributed by atoms with Gasteiger partial charge in [0.25, 0.3) is 0 Å². The summed E-state index contributed by atoms with van der Waals surface area (Å²) in [7, 11) is 0. The van der Waals surface area contributed by atoms with Crippen molar-refractivity contribution in [2.24, 2.45) is 11.3 Å². The number of halogens is 1. The van der Waals surface area contributed by atoms with Crippen LogP contribution in [-0.2, 0) is 20.9 Å². The standard InChI is InChI=1S/C26H40FN3O3/c1-19(2)16-23-24(31)28-20(3)18-33-15-5-4-10-26(25(32)29-23)11-13-30(14-12-26)17-21-6-8-22(27)9-7-21/h6-9,19-20,23H,4-5,10-18H2,1-3H3,(H,28,31)(H,29,32)/t20-,23+/m1/s1. The van der Waals surface area contributed by atoms with Gasteiger partial charge >= 0.3 is 0 Å². The number of hydrogen-bond donors (Lipinski definition) is 2. The van der Waals surface area contributed by atoms with Crippen LogP contribution in [0, 0.1) is 17.2 Å². The number of rotatable bonds is 4. The van der Waals surface area contributed by atoms with E-state index in [0.29, 0.717) is 19.6 Å². The SMILES string of the molecule is CC(C)C[C@@H]1NC(=O)C2(CCCCOC[C@@H](C)NC1=O)CCN(Cc1ccc(F)cc1)CC2. The molecule has 7 heteroatoms. The molecule has 3 rings (SSSR count). The molecule has 2 aliphatic rings. The summed E-state index contributed by atoms with van der Waals surface area (Å²) >= 11 is 0. The summed E-state index contributed by atoms with van der Waals surface area (Å²) in [5.41, 5.74) is 0.612. The molecule has 1 aromatic carbocycles. The lowest BCUT2D eigenvalue weighted by Crippen LogP contribution is -2.55. The maximum Gasteiger partial charge on any atom is 0.242 e. The molecule has 2 fully saturated rings. The van der Waals surface area contributed by atoms with Crippen LogP contribution in [0.2, 0.25) is 0 Å². The molecular formula is C26H40FN3O3. The van der Waals surface area contributed by atoms with E-state index < -0.39 is 11.5 Å².